The monoisotopic (exact) mass is 442 g/mol. The molecule has 0 aromatic heterocycles. The van der Waals surface area contributed by atoms with Crippen molar-refractivity contribution in [3.8, 4) is 0 Å². The van der Waals surface area contributed by atoms with E-state index in [4.69, 9.17) is 0 Å². The van der Waals surface area contributed by atoms with Gasteiger partial charge >= 0.3 is 6.03 Å². The zero-order valence-electron chi connectivity index (χ0n) is 17.3. The first-order chi connectivity index (χ1) is 13.5. The van der Waals surface area contributed by atoms with Crippen LogP contribution in [0, 0.1) is 0 Å². The number of aryl methyl sites for hydroxylation is 2. The van der Waals surface area contributed by atoms with Gasteiger partial charge in [-0.2, -0.15) is 0 Å². The predicted molar refractivity (Wildman–Crippen MR) is 115 cm³/mol. The fourth-order valence-electron chi connectivity index (χ4n) is 5.31. The van der Waals surface area contributed by atoms with Gasteiger partial charge in [0, 0.05) is 63.1 Å². The largest absolute Gasteiger partial charge is 0.332 e. The number of benzene rings is 1. The van der Waals surface area contributed by atoms with Crippen LogP contribution in [-0.2, 0) is 35.7 Å². The summed E-state index contributed by atoms with van der Waals surface area (Å²) in [4.78, 5) is 15.0. The molecule has 0 spiro atoms. The molecule has 1 saturated carbocycles. The predicted octanol–water partition coefficient (Wildman–Crippen LogP) is 2.36. The van der Waals surface area contributed by atoms with E-state index < -0.39 is 21.3 Å². The van der Waals surface area contributed by atoms with E-state index in [2.05, 4.69) is 21.0 Å². The van der Waals surface area contributed by atoms with Gasteiger partial charge in [-0.1, -0.05) is 6.07 Å². The molecule has 1 aromatic carbocycles. The number of sulfonamides is 1. The Morgan fingerprint density at radius 2 is 1.52 bits per heavy atom. The fourth-order valence-corrected chi connectivity index (χ4v) is 6.62. The van der Waals surface area contributed by atoms with Crippen molar-refractivity contribution in [3.63, 3.8) is 0 Å². The van der Waals surface area contributed by atoms with E-state index in [0.717, 1.165) is 57.3 Å². The van der Waals surface area contributed by atoms with Crippen LogP contribution in [0.3, 0.4) is 0 Å². The van der Waals surface area contributed by atoms with Crippen LogP contribution in [0.25, 0.3) is 0 Å². The molecule has 1 aromatic rings. The minimum Gasteiger partial charge on any atom is -0.307 e. The van der Waals surface area contributed by atoms with E-state index >= 15 is 0 Å². The SMILES string of the molecule is O=C(Nc1c2c(cc3c1CCC3)CCC2)NS(=O)(=O)C1CCN(C2CC2)CC1.[K]. The summed E-state index contributed by atoms with van der Waals surface area (Å²) in [5.74, 6) is 0. The Morgan fingerprint density at radius 1 is 0.931 bits per heavy atom. The van der Waals surface area contributed by atoms with Gasteiger partial charge in [0.25, 0.3) is 0 Å². The summed E-state index contributed by atoms with van der Waals surface area (Å²) < 4.78 is 27.8. The van der Waals surface area contributed by atoms with Gasteiger partial charge in [0.2, 0.25) is 10.0 Å². The van der Waals surface area contributed by atoms with Crippen molar-refractivity contribution in [3.05, 3.63) is 28.3 Å². The quantitative estimate of drug-likeness (QED) is 0.702. The molecular weight excluding hydrogens is 413 g/mol. The van der Waals surface area contributed by atoms with Gasteiger partial charge < -0.3 is 10.2 Å². The van der Waals surface area contributed by atoms with Crippen molar-refractivity contribution in [1.82, 2.24) is 9.62 Å². The number of rotatable bonds is 4. The van der Waals surface area contributed by atoms with E-state index in [-0.39, 0.29) is 51.4 Å². The number of amides is 2. The number of piperidine rings is 1. The molecule has 6 nitrogen and oxygen atoms in total. The summed E-state index contributed by atoms with van der Waals surface area (Å²) in [6.07, 6.45) is 9.93. The third-order valence-corrected chi connectivity index (χ3v) is 8.74. The van der Waals surface area contributed by atoms with E-state index in [0.29, 0.717) is 18.9 Å². The Balaban J connectivity index is 0.00000205. The number of carbonyl (C=O) groups is 1. The second-order valence-corrected chi connectivity index (χ2v) is 10.8. The molecule has 4 aliphatic rings. The number of fused-ring (bicyclic) bond motifs is 2. The number of carbonyl (C=O) groups excluding carboxylic acids is 1. The summed E-state index contributed by atoms with van der Waals surface area (Å²) >= 11 is 0. The van der Waals surface area contributed by atoms with Crippen LogP contribution in [0.1, 0.15) is 60.8 Å². The average Bonchev–Trinajstić information content (AvgIpc) is 3.22. The number of hydrogen-bond acceptors (Lipinski definition) is 4. The molecule has 1 heterocycles. The van der Waals surface area contributed by atoms with Crippen LogP contribution < -0.4 is 10.0 Å². The molecule has 0 bridgehead atoms. The maximum atomic E-state index is 12.8. The number of nitrogens with zero attached hydrogens (tertiary/aromatic N) is 1. The maximum absolute atomic E-state index is 12.8. The molecule has 0 atom stereocenters. The third-order valence-electron chi connectivity index (χ3n) is 6.93. The second kappa shape index (κ2) is 8.88. The summed E-state index contributed by atoms with van der Waals surface area (Å²) in [7, 11) is -3.65. The van der Waals surface area contributed by atoms with Crippen LogP contribution >= 0.6 is 0 Å². The first kappa shape index (κ1) is 22.2. The molecule has 5 rings (SSSR count). The number of nitrogens with one attached hydrogen (secondary N) is 2. The summed E-state index contributed by atoms with van der Waals surface area (Å²) in [6.45, 7) is 1.63. The van der Waals surface area contributed by atoms with Gasteiger partial charge in [-0.3, -0.25) is 0 Å². The minimum atomic E-state index is -3.65. The molecule has 2 N–H and O–H groups in total. The Bertz CT molecular complexity index is 874. The zero-order valence-corrected chi connectivity index (χ0v) is 21.2. The molecule has 3 aliphatic carbocycles. The smallest absolute Gasteiger partial charge is 0.307 e. The van der Waals surface area contributed by atoms with E-state index in [1.54, 1.807) is 0 Å². The van der Waals surface area contributed by atoms with E-state index in [1.807, 2.05) is 0 Å². The van der Waals surface area contributed by atoms with Gasteiger partial charge in [-0.15, -0.1) is 0 Å². The van der Waals surface area contributed by atoms with Crippen molar-refractivity contribution >= 4 is 73.1 Å². The van der Waals surface area contributed by atoms with Crippen LogP contribution in [0.2, 0.25) is 0 Å². The maximum Gasteiger partial charge on any atom is 0.332 e. The van der Waals surface area contributed by atoms with Crippen molar-refractivity contribution < 1.29 is 13.2 Å². The normalized spacial score (nSPS) is 21.9. The molecular formula is C21H29KN3O3S. The van der Waals surface area contributed by atoms with Crippen molar-refractivity contribution in [2.45, 2.75) is 75.5 Å². The molecule has 0 unspecified atom stereocenters. The first-order valence-corrected chi connectivity index (χ1v) is 12.3. The van der Waals surface area contributed by atoms with Gasteiger partial charge in [-0.05, 0) is 99.6 Å². The third kappa shape index (κ3) is 4.63. The number of urea groups is 1. The van der Waals surface area contributed by atoms with E-state index in [9.17, 15) is 13.2 Å². The van der Waals surface area contributed by atoms with Crippen LogP contribution in [0.4, 0.5) is 10.5 Å². The zero-order chi connectivity index (χ0) is 19.3. The molecule has 29 heavy (non-hydrogen) atoms. The Kier molecular flexibility index (Phi) is 6.81. The fraction of sp³-hybridized carbons (Fsp3) is 0.667. The molecule has 1 radical (unpaired) electrons. The summed E-state index contributed by atoms with van der Waals surface area (Å²) in [5.41, 5.74) is 5.97. The second-order valence-electron chi connectivity index (χ2n) is 8.80. The van der Waals surface area contributed by atoms with Gasteiger partial charge in [0.15, 0.2) is 0 Å². The minimum absolute atomic E-state index is 0. The van der Waals surface area contributed by atoms with E-state index in [1.165, 1.54) is 35.1 Å². The topological polar surface area (TPSA) is 78.5 Å². The van der Waals surface area contributed by atoms with Crippen LogP contribution in [0.5, 0.6) is 0 Å². The Labute approximate surface area is 216 Å². The molecule has 2 amide bonds. The molecule has 1 aliphatic heterocycles. The number of anilines is 1. The summed E-state index contributed by atoms with van der Waals surface area (Å²) in [6, 6.07) is 2.37. The van der Waals surface area contributed by atoms with Crippen molar-refractivity contribution in [1.29, 1.82) is 0 Å². The molecule has 2 fully saturated rings. The van der Waals surface area contributed by atoms with Crippen molar-refractivity contribution in [2.75, 3.05) is 18.4 Å². The Hall–Kier alpha value is 0.0364. The standard InChI is InChI=1S/C21H29N3O3S.K/c25-21(23-28(26,27)17-9-11-24(12-10-17)16-7-8-16)22-20-18-5-1-3-14(18)13-15-4-2-6-19(15)20;/h13,16-17H,1-12H2,(H2,22,23,25);. The average molecular weight is 443 g/mol. The van der Waals surface area contributed by atoms with Gasteiger partial charge in [-0.25, -0.2) is 17.9 Å². The number of hydrogen-bond donors (Lipinski definition) is 2. The summed E-state index contributed by atoms with van der Waals surface area (Å²) in [5, 5.41) is 2.46. The Morgan fingerprint density at radius 3 is 2.07 bits per heavy atom. The number of likely N-dealkylation sites (tertiary alicyclic amines) is 1. The molecule has 8 heteroatoms. The van der Waals surface area contributed by atoms with Crippen LogP contribution in [-0.4, -0.2) is 95.1 Å². The van der Waals surface area contributed by atoms with Gasteiger partial charge in [0.05, 0.1) is 5.25 Å². The molecule has 153 valence electrons. The van der Waals surface area contributed by atoms with Crippen LogP contribution in [0.15, 0.2) is 6.07 Å². The first-order valence-electron chi connectivity index (χ1n) is 10.7. The molecule has 1 saturated heterocycles. The van der Waals surface area contributed by atoms with Crippen molar-refractivity contribution in [2.24, 2.45) is 0 Å². The van der Waals surface area contributed by atoms with Gasteiger partial charge in [0.1, 0.15) is 0 Å².